The fraction of sp³-hybridized carbons (Fsp3) is 0.308. The maximum absolute atomic E-state index is 6.57. The molecule has 30 heavy (non-hydrogen) atoms. The Labute approximate surface area is 182 Å². The summed E-state index contributed by atoms with van der Waals surface area (Å²) in [6.45, 7) is 3.27. The lowest BCUT2D eigenvalue weighted by molar-refractivity contribution is 0.242. The smallest absolute Gasteiger partial charge is 0.146 e. The summed E-state index contributed by atoms with van der Waals surface area (Å²) in [5, 5.41) is 2.13. The van der Waals surface area contributed by atoms with Crippen molar-refractivity contribution in [1.82, 2.24) is 4.90 Å². The highest BCUT2D eigenvalue weighted by atomic mass is 32.1. The summed E-state index contributed by atoms with van der Waals surface area (Å²) in [5.41, 5.74) is 3.89. The van der Waals surface area contributed by atoms with E-state index in [1.165, 1.54) is 40.8 Å². The van der Waals surface area contributed by atoms with E-state index in [0.717, 1.165) is 36.9 Å². The molecule has 0 saturated carbocycles. The van der Waals surface area contributed by atoms with Crippen LogP contribution in [0, 0.1) is 0 Å². The van der Waals surface area contributed by atoms with Gasteiger partial charge in [0, 0.05) is 23.6 Å². The predicted molar refractivity (Wildman–Crippen MR) is 123 cm³/mol. The van der Waals surface area contributed by atoms with Gasteiger partial charge in [0.15, 0.2) is 0 Å². The van der Waals surface area contributed by atoms with Crippen molar-refractivity contribution in [2.24, 2.45) is 0 Å². The third-order valence-electron chi connectivity index (χ3n) is 6.12. The second-order valence-electron chi connectivity index (χ2n) is 8.01. The van der Waals surface area contributed by atoms with Crippen LogP contribution in [0.15, 0.2) is 71.6 Å². The molecule has 0 spiro atoms. The molecule has 0 N–H and O–H groups in total. The number of fused-ring (bicyclic) bond motifs is 1. The molecule has 2 aliphatic heterocycles. The normalized spacial score (nSPS) is 19.3. The lowest BCUT2D eigenvalue weighted by atomic mass is 9.81. The number of thiophene rings is 1. The molecule has 1 aromatic heterocycles. The molecule has 3 heterocycles. The van der Waals surface area contributed by atoms with E-state index in [1.54, 1.807) is 18.4 Å². The van der Waals surface area contributed by atoms with Gasteiger partial charge in [-0.25, -0.2) is 0 Å². The number of hydrogen-bond acceptors (Lipinski definition) is 4. The first kappa shape index (κ1) is 19.4. The third kappa shape index (κ3) is 3.78. The number of piperidine rings is 1. The summed E-state index contributed by atoms with van der Waals surface area (Å²) in [6.07, 6.45) is 3.91. The van der Waals surface area contributed by atoms with Crippen LogP contribution in [0.3, 0.4) is 0 Å². The van der Waals surface area contributed by atoms with E-state index >= 15 is 0 Å². The van der Waals surface area contributed by atoms with Gasteiger partial charge in [0.1, 0.15) is 17.3 Å². The van der Waals surface area contributed by atoms with Gasteiger partial charge in [-0.15, -0.1) is 11.3 Å². The fourth-order valence-corrected chi connectivity index (χ4v) is 5.36. The number of hydrogen-bond donors (Lipinski definition) is 0. The number of ether oxygens (including phenoxy) is 2. The Morgan fingerprint density at radius 1 is 0.967 bits per heavy atom. The van der Waals surface area contributed by atoms with E-state index in [0.29, 0.717) is 0 Å². The van der Waals surface area contributed by atoms with Crippen LogP contribution >= 0.6 is 11.3 Å². The van der Waals surface area contributed by atoms with E-state index in [4.69, 9.17) is 9.47 Å². The van der Waals surface area contributed by atoms with Crippen molar-refractivity contribution in [3.05, 3.63) is 87.6 Å². The molecule has 3 nitrogen and oxygen atoms in total. The van der Waals surface area contributed by atoms with Crippen molar-refractivity contribution in [2.75, 3.05) is 26.7 Å². The molecule has 1 atom stereocenters. The SMILES string of the molecule is COc1ccc(C2C(CN3CCCCC3)=C(c3cccs3)Oc3ccccc32)cc1. The van der Waals surface area contributed by atoms with Crippen molar-refractivity contribution in [2.45, 2.75) is 25.2 Å². The summed E-state index contributed by atoms with van der Waals surface area (Å²) >= 11 is 1.75. The zero-order valence-electron chi connectivity index (χ0n) is 17.3. The lowest BCUT2D eigenvalue weighted by Gasteiger charge is -2.35. The molecule has 0 aliphatic carbocycles. The van der Waals surface area contributed by atoms with Crippen molar-refractivity contribution < 1.29 is 9.47 Å². The summed E-state index contributed by atoms with van der Waals surface area (Å²) < 4.78 is 12.0. The van der Waals surface area contributed by atoms with Gasteiger partial charge >= 0.3 is 0 Å². The van der Waals surface area contributed by atoms with Gasteiger partial charge in [-0.3, -0.25) is 4.90 Å². The molecule has 1 unspecified atom stereocenters. The van der Waals surface area contributed by atoms with Gasteiger partial charge in [0.25, 0.3) is 0 Å². The van der Waals surface area contributed by atoms with Crippen LogP contribution in [0.4, 0.5) is 0 Å². The highest BCUT2D eigenvalue weighted by Crippen LogP contribution is 2.46. The maximum atomic E-state index is 6.57. The number of likely N-dealkylation sites (tertiary alicyclic amines) is 1. The van der Waals surface area contributed by atoms with Crippen molar-refractivity contribution in [3.63, 3.8) is 0 Å². The Morgan fingerprint density at radius 2 is 1.77 bits per heavy atom. The highest BCUT2D eigenvalue weighted by Gasteiger charge is 2.33. The minimum absolute atomic E-state index is 0.180. The fourth-order valence-electron chi connectivity index (χ4n) is 4.62. The summed E-state index contributed by atoms with van der Waals surface area (Å²) in [5.74, 6) is 3.07. The number of methoxy groups -OCH3 is 1. The molecule has 2 aliphatic rings. The van der Waals surface area contributed by atoms with E-state index in [9.17, 15) is 0 Å². The van der Waals surface area contributed by atoms with Crippen LogP contribution in [0.2, 0.25) is 0 Å². The Kier molecular flexibility index (Phi) is 5.60. The molecule has 0 radical (unpaired) electrons. The predicted octanol–water partition coefficient (Wildman–Crippen LogP) is 6.18. The van der Waals surface area contributed by atoms with Gasteiger partial charge in [-0.05, 0) is 61.1 Å². The Morgan fingerprint density at radius 3 is 2.50 bits per heavy atom. The summed E-state index contributed by atoms with van der Waals surface area (Å²) in [6, 6.07) is 21.3. The summed E-state index contributed by atoms with van der Waals surface area (Å²) in [7, 11) is 1.72. The van der Waals surface area contributed by atoms with Gasteiger partial charge < -0.3 is 9.47 Å². The number of para-hydroxylation sites is 1. The minimum Gasteiger partial charge on any atom is -0.497 e. The first-order valence-electron chi connectivity index (χ1n) is 10.7. The molecule has 1 fully saturated rings. The van der Waals surface area contributed by atoms with Crippen molar-refractivity contribution in [3.8, 4) is 11.5 Å². The van der Waals surface area contributed by atoms with Crippen LogP contribution in [0.1, 0.15) is 41.2 Å². The van der Waals surface area contributed by atoms with Crippen molar-refractivity contribution in [1.29, 1.82) is 0 Å². The van der Waals surface area contributed by atoms with Gasteiger partial charge in [0.2, 0.25) is 0 Å². The second-order valence-corrected chi connectivity index (χ2v) is 8.96. The monoisotopic (exact) mass is 417 g/mol. The standard InChI is InChI=1S/C26H27NO2S/c1-28-20-13-11-19(12-14-20)25-21-8-3-4-9-23(21)29-26(24-10-7-17-30-24)22(25)18-27-15-5-2-6-16-27/h3-4,7-14,17,25H,2,5-6,15-16,18H2,1H3. The summed E-state index contributed by atoms with van der Waals surface area (Å²) in [4.78, 5) is 3.80. The molecule has 154 valence electrons. The minimum atomic E-state index is 0.180. The molecular weight excluding hydrogens is 390 g/mol. The quantitative estimate of drug-likeness (QED) is 0.495. The van der Waals surface area contributed by atoms with Gasteiger partial charge in [-0.1, -0.05) is 42.8 Å². The Hall–Kier alpha value is -2.56. The topological polar surface area (TPSA) is 21.7 Å². The highest BCUT2D eigenvalue weighted by molar-refractivity contribution is 7.11. The largest absolute Gasteiger partial charge is 0.497 e. The van der Waals surface area contributed by atoms with Gasteiger partial charge in [0.05, 0.1) is 12.0 Å². The van der Waals surface area contributed by atoms with Crippen LogP contribution in [0.5, 0.6) is 11.5 Å². The Balaban J connectivity index is 1.65. The molecule has 3 aromatic rings. The average Bonchev–Trinajstić information content (AvgIpc) is 3.34. The molecular formula is C26H27NO2S. The van der Waals surface area contributed by atoms with E-state index in [2.05, 4.69) is 70.9 Å². The second kappa shape index (κ2) is 8.66. The van der Waals surface area contributed by atoms with E-state index in [-0.39, 0.29) is 5.92 Å². The zero-order valence-corrected chi connectivity index (χ0v) is 18.2. The van der Waals surface area contributed by atoms with E-state index < -0.39 is 0 Å². The molecule has 4 heteroatoms. The lowest BCUT2D eigenvalue weighted by Crippen LogP contribution is -2.34. The van der Waals surface area contributed by atoms with Crippen LogP contribution < -0.4 is 9.47 Å². The molecule has 1 saturated heterocycles. The molecule has 0 bridgehead atoms. The number of nitrogens with zero attached hydrogens (tertiary/aromatic N) is 1. The number of benzene rings is 2. The third-order valence-corrected chi connectivity index (χ3v) is 6.99. The number of rotatable bonds is 5. The molecule has 0 amide bonds. The zero-order chi connectivity index (χ0) is 20.3. The average molecular weight is 418 g/mol. The van der Waals surface area contributed by atoms with Crippen LogP contribution in [0.25, 0.3) is 5.76 Å². The molecule has 2 aromatic carbocycles. The van der Waals surface area contributed by atoms with Crippen LogP contribution in [-0.4, -0.2) is 31.6 Å². The van der Waals surface area contributed by atoms with E-state index in [1.807, 2.05) is 0 Å². The first-order valence-corrected chi connectivity index (χ1v) is 11.6. The van der Waals surface area contributed by atoms with Gasteiger partial charge in [-0.2, -0.15) is 0 Å². The Bertz CT molecular complexity index is 1020. The maximum Gasteiger partial charge on any atom is 0.146 e. The molecule has 5 rings (SSSR count). The van der Waals surface area contributed by atoms with Crippen molar-refractivity contribution >= 4 is 17.1 Å². The first-order chi connectivity index (χ1) is 14.8. The van der Waals surface area contributed by atoms with Crippen LogP contribution in [-0.2, 0) is 0 Å².